The molecule has 0 fully saturated rings. The van der Waals surface area contributed by atoms with Crippen LogP contribution in [0.5, 0.6) is 17.2 Å². The van der Waals surface area contributed by atoms with E-state index >= 15 is 0 Å². The van der Waals surface area contributed by atoms with Gasteiger partial charge >= 0.3 is 0 Å². The lowest BCUT2D eigenvalue weighted by Crippen LogP contribution is -2.28. The van der Waals surface area contributed by atoms with Gasteiger partial charge in [-0.15, -0.1) is 0 Å². The number of fused-ring (bicyclic) bond motifs is 1. The molecule has 0 spiro atoms. The van der Waals surface area contributed by atoms with Crippen molar-refractivity contribution < 1.29 is 19.0 Å². The SMILES string of the molecule is COc1ccc(OC)c(CNC(=O)COc2ccc3ccccc3c2)c1. The number of amides is 1. The average molecular weight is 351 g/mol. The van der Waals surface area contributed by atoms with Gasteiger partial charge in [0.2, 0.25) is 0 Å². The Balaban J connectivity index is 1.57. The molecule has 0 aliphatic carbocycles. The first-order valence-electron chi connectivity index (χ1n) is 8.29. The Bertz CT molecular complexity index is 907. The Labute approximate surface area is 152 Å². The van der Waals surface area contributed by atoms with Gasteiger partial charge in [-0.05, 0) is 41.1 Å². The maximum atomic E-state index is 12.1. The Morgan fingerprint density at radius 2 is 1.65 bits per heavy atom. The van der Waals surface area contributed by atoms with Crippen LogP contribution < -0.4 is 19.5 Å². The van der Waals surface area contributed by atoms with Gasteiger partial charge in [-0.25, -0.2) is 0 Å². The molecule has 0 unspecified atom stereocenters. The van der Waals surface area contributed by atoms with Crippen molar-refractivity contribution in [2.24, 2.45) is 0 Å². The zero-order valence-electron chi connectivity index (χ0n) is 14.8. The molecule has 5 heteroatoms. The summed E-state index contributed by atoms with van der Waals surface area (Å²) in [6, 6.07) is 19.2. The van der Waals surface area contributed by atoms with Crippen molar-refractivity contribution in [1.82, 2.24) is 5.32 Å². The molecule has 0 saturated heterocycles. The summed E-state index contributed by atoms with van der Waals surface area (Å²) in [7, 11) is 3.19. The summed E-state index contributed by atoms with van der Waals surface area (Å²) in [4.78, 5) is 12.1. The highest BCUT2D eigenvalue weighted by Gasteiger charge is 2.08. The predicted octanol–water partition coefficient (Wildman–Crippen LogP) is 3.55. The quantitative estimate of drug-likeness (QED) is 0.707. The zero-order valence-corrected chi connectivity index (χ0v) is 14.8. The van der Waals surface area contributed by atoms with Crippen LogP contribution in [0.3, 0.4) is 0 Å². The fourth-order valence-electron chi connectivity index (χ4n) is 2.67. The molecule has 0 radical (unpaired) electrons. The summed E-state index contributed by atoms with van der Waals surface area (Å²) < 4.78 is 16.1. The second kappa shape index (κ2) is 8.25. The Hall–Kier alpha value is -3.21. The van der Waals surface area contributed by atoms with Gasteiger partial charge in [0.05, 0.1) is 14.2 Å². The maximum Gasteiger partial charge on any atom is 0.258 e. The van der Waals surface area contributed by atoms with E-state index in [0.29, 0.717) is 23.8 Å². The van der Waals surface area contributed by atoms with E-state index in [9.17, 15) is 4.79 Å². The third kappa shape index (κ3) is 4.25. The van der Waals surface area contributed by atoms with E-state index in [-0.39, 0.29) is 12.5 Å². The summed E-state index contributed by atoms with van der Waals surface area (Å²) >= 11 is 0. The van der Waals surface area contributed by atoms with Crippen molar-refractivity contribution >= 4 is 16.7 Å². The summed E-state index contributed by atoms with van der Waals surface area (Å²) in [5.74, 6) is 1.87. The number of rotatable bonds is 7. The summed E-state index contributed by atoms with van der Waals surface area (Å²) in [5, 5.41) is 5.04. The lowest BCUT2D eigenvalue weighted by molar-refractivity contribution is -0.123. The van der Waals surface area contributed by atoms with Gasteiger partial charge in [0.15, 0.2) is 6.61 Å². The molecule has 0 atom stereocenters. The fourth-order valence-corrected chi connectivity index (χ4v) is 2.67. The minimum Gasteiger partial charge on any atom is -0.497 e. The van der Waals surface area contributed by atoms with Gasteiger partial charge in [0, 0.05) is 12.1 Å². The standard InChI is InChI=1S/C21H21NO4/c1-24-18-9-10-20(25-2)17(12-18)13-22-21(23)14-26-19-8-7-15-5-3-4-6-16(15)11-19/h3-12H,13-14H2,1-2H3,(H,22,23). The van der Waals surface area contributed by atoms with E-state index in [0.717, 1.165) is 16.3 Å². The van der Waals surface area contributed by atoms with E-state index in [1.165, 1.54) is 0 Å². The van der Waals surface area contributed by atoms with Gasteiger partial charge < -0.3 is 19.5 Å². The number of nitrogens with one attached hydrogen (secondary N) is 1. The molecule has 134 valence electrons. The number of carbonyl (C=O) groups is 1. The number of methoxy groups -OCH3 is 2. The topological polar surface area (TPSA) is 56.8 Å². The first kappa shape index (κ1) is 17.6. The van der Waals surface area contributed by atoms with Gasteiger partial charge in [0.25, 0.3) is 5.91 Å². The van der Waals surface area contributed by atoms with Crippen molar-refractivity contribution in [2.75, 3.05) is 20.8 Å². The number of carbonyl (C=O) groups excluding carboxylic acids is 1. The van der Waals surface area contributed by atoms with Crippen molar-refractivity contribution in [3.63, 3.8) is 0 Å². The van der Waals surface area contributed by atoms with E-state index in [2.05, 4.69) is 5.32 Å². The molecular formula is C21H21NO4. The molecule has 3 aromatic carbocycles. The van der Waals surface area contributed by atoms with E-state index in [1.54, 1.807) is 14.2 Å². The van der Waals surface area contributed by atoms with Crippen molar-refractivity contribution in [1.29, 1.82) is 0 Å². The van der Waals surface area contributed by atoms with Crippen LogP contribution in [-0.2, 0) is 11.3 Å². The largest absolute Gasteiger partial charge is 0.497 e. The van der Waals surface area contributed by atoms with Crippen LogP contribution >= 0.6 is 0 Å². The van der Waals surface area contributed by atoms with Crippen LogP contribution in [0.15, 0.2) is 60.7 Å². The van der Waals surface area contributed by atoms with Crippen LogP contribution in [-0.4, -0.2) is 26.7 Å². The normalized spacial score (nSPS) is 10.4. The van der Waals surface area contributed by atoms with E-state index in [1.807, 2.05) is 60.7 Å². The molecule has 26 heavy (non-hydrogen) atoms. The van der Waals surface area contributed by atoms with Crippen LogP contribution in [0.4, 0.5) is 0 Å². The number of hydrogen-bond donors (Lipinski definition) is 1. The molecule has 0 aromatic heterocycles. The maximum absolute atomic E-state index is 12.1. The van der Waals surface area contributed by atoms with Crippen LogP contribution in [0, 0.1) is 0 Å². The highest BCUT2D eigenvalue weighted by atomic mass is 16.5. The monoisotopic (exact) mass is 351 g/mol. The highest BCUT2D eigenvalue weighted by Crippen LogP contribution is 2.24. The number of benzene rings is 3. The first-order chi connectivity index (χ1) is 12.7. The molecule has 0 heterocycles. The van der Waals surface area contributed by atoms with Gasteiger partial charge in [-0.1, -0.05) is 30.3 Å². The first-order valence-corrected chi connectivity index (χ1v) is 8.29. The van der Waals surface area contributed by atoms with E-state index < -0.39 is 0 Å². The van der Waals surface area contributed by atoms with Gasteiger partial charge in [-0.2, -0.15) is 0 Å². The van der Waals surface area contributed by atoms with Crippen LogP contribution in [0.25, 0.3) is 10.8 Å². The van der Waals surface area contributed by atoms with Gasteiger partial charge in [0.1, 0.15) is 17.2 Å². The molecule has 3 aromatic rings. The smallest absolute Gasteiger partial charge is 0.258 e. The molecule has 0 saturated carbocycles. The second-order valence-electron chi connectivity index (χ2n) is 5.75. The van der Waals surface area contributed by atoms with Crippen LogP contribution in [0.1, 0.15) is 5.56 Å². The molecule has 0 aliphatic heterocycles. The molecular weight excluding hydrogens is 330 g/mol. The Kier molecular flexibility index (Phi) is 5.59. The van der Waals surface area contributed by atoms with Crippen molar-refractivity contribution in [2.45, 2.75) is 6.54 Å². The summed E-state index contributed by atoms with van der Waals surface area (Å²) in [5.41, 5.74) is 0.839. The minimum atomic E-state index is -0.206. The molecule has 1 amide bonds. The summed E-state index contributed by atoms with van der Waals surface area (Å²) in [6.07, 6.45) is 0. The molecule has 3 rings (SSSR count). The Morgan fingerprint density at radius 1 is 0.885 bits per heavy atom. The number of hydrogen-bond acceptors (Lipinski definition) is 4. The molecule has 0 aliphatic rings. The number of ether oxygens (including phenoxy) is 3. The molecule has 1 N–H and O–H groups in total. The Morgan fingerprint density at radius 3 is 2.42 bits per heavy atom. The fraction of sp³-hybridized carbons (Fsp3) is 0.190. The van der Waals surface area contributed by atoms with Crippen molar-refractivity contribution in [3.05, 3.63) is 66.2 Å². The van der Waals surface area contributed by atoms with Crippen LogP contribution in [0.2, 0.25) is 0 Å². The second-order valence-corrected chi connectivity index (χ2v) is 5.75. The van der Waals surface area contributed by atoms with Crippen molar-refractivity contribution in [3.8, 4) is 17.2 Å². The molecule has 5 nitrogen and oxygen atoms in total. The lowest BCUT2D eigenvalue weighted by Gasteiger charge is -2.12. The van der Waals surface area contributed by atoms with Gasteiger partial charge in [-0.3, -0.25) is 4.79 Å². The highest BCUT2D eigenvalue weighted by molar-refractivity contribution is 5.84. The lowest BCUT2D eigenvalue weighted by atomic mass is 10.1. The summed E-state index contributed by atoms with van der Waals surface area (Å²) in [6.45, 7) is 0.283. The molecule has 0 bridgehead atoms. The average Bonchev–Trinajstić information content (AvgIpc) is 2.70. The predicted molar refractivity (Wildman–Crippen MR) is 101 cm³/mol. The third-order valence-electron chi connectivity index (χ3n) is 4.05. The zero-order chi connectivity index (χ0) is 18.4. The third-order valence-corrected chi connectivity index (χ3v) is 4.05. The van der Waals surface area contributed by atoms with E-state index in [4.69, 9.17) is 14.2 Å². The minimum absolute atomic E-state index is 0.0510.